The van der Waals surface area contributed by atoms with Crippen molar-refractivity contribution in [2.75, 3.05) is 0 Å². The van der Waals surface area contributed by atoms with Crippen molar-refractivity contribution >= 4 is 17.9 Å². The highest BCUT2D eigenvalue weighted by molar-refractivity contribution is 5.79. The third-order valence-corrected chi connectivity index (χ3v) is 0.697. The molecule has 0 unspecified atom stereocenters. The number of aliphatic carboxylic acids is 3. The molecule has 0 bridgehead atoms. The second kappa shape index (κ2) is 17.5. The van der Waals surface area contributed by atoms with E-state index in [-0.39, 0.29) is 0 Å². The molecule has 0 heterocycles. The van der Waals surface area contributed by atoms with E-state index in [1.807, 2.05) is 0 Å². The van der Waals surface area contributed by atoms with Gasteiger partial charge in [0.1, 0.15) is 0 Å². The van der Waals surface area contributed by atoms with Gasteiger partial charge < -0.3 is 25.5 Å². The summed E-state index contributed by atoms with van der Waals surface area (Å²) in [7, 11) is 0. The number of hydrogen-bond acceptors (Lipinski definition) is 7. The van der Waals surface area contributed by atoms with Crippen molar-refractivity contribution in [1.29, 1.82) is 0 Å². The molecule has 0 spiro atoms. The average molecular weight is 310 g/mol. The minimum atomic E-state index is -2.40. The summed E-state index contributed by atoms with van der Waals surface area (Å²) in [6.45, 7) is 9.76. The normalized spacial score (nSPS) is 8.00. The van der Waals surface area contributed by atoms with Gasteiger partial charge in [-0.1, -0.05) is 19.7 Å². The van der Waals surface area contributed by atoms with E-state index < -0.39 is 23.9 Å². The number of carboxylic acid groups (broad SMARTS) is 3. The van der Waals surface area contributed by atoms with E-state index in [9.17, 15) is 14.4 Å². The molecule has 10 nitrogen and oxygen atoms in total. The van der Waals surface area contributed by atoms with Gasteiger partial charge in [-0.05, 0) is 0 Å². The third kappa shape index (κ3) is 99.9. The van der Waals surface area contributed by atoms with Crippen LogP contribution in [-0.4, -0.2) is 54.7 Å². The number of rotatable bonds is 4. The molecule has 21 heavy (non-hydrogen) atoms. The largest absolute Gasteiger partial charge is 0.478 e. The fourth-order valence-corrected chi connectivity index (χ4v) is 0. The van der Waals surface area contributed by atoms with Crippen LogP contribution in [0.2, 0.25) is 0 Å². The number of hydrogen-bond donors (Lipinski definition) is 6. The summed E-state index contributed by atoms with van der Waals surface area (Å²) >= 11 is 0. The Morgan fingerprint density at radius 1 is 0.857 bits per heavy atom. The van der Waals surface area contributed by atoms with Crippen molar-refractivity contribution in [3.8, 4) is 0 Å². The summed E-state index contributed by atoms with van der Waals surface area (Å²) in [4.78, 5) is 30.8. The van der Waals surface area contributed by atoms with Gasteiger partial charge in [0.05, 0.1) is 0 Å². The Labute approximate surface area is 120 Å². The smallest absolute Gasteiger partial charge is 0.327 e. The Balaban J connectivity index is -0.0000000921. The molecule has 0 aliphatic carbocycles. The average Bonchev–Trinajstić information content (AvgIpc) is 2.39. The van der Waals surface area contributed by atoms with Crippen LogP contribution in [0.15, 0.2) is 38.0 Å². The molecule has 0 saturated carbocycles. The minimum absolute atomic E-state index is 0.833. The topological polar surface area (TPSA) is 182 Å². The van der Waals surface area contributed by atoms with E-state index >= 15 is 0 Å². The van der Waals surface area contributed by atoms with Crippen molar-refractivity contribution in [3.63, 3.8) is 0 Å². The monoisotopic (exact) mass is 310 g/mol. The van der Waals surface area contributed by atoms with Crippen LogP contribution in [0.25, 0.3) is 0 Å². The van der Waals surface area contributed by atoms with E-state index in [4.69, 9.17) is 30.8 Å². The second-order valence-corrected chi connectivity index (χ2v) is 2.65. The Hall–Kier alpha value is -2.53. The summed E-state index contributed by atoms with van der Waals surface area (Å²) in [5.41, 5.74) is 0. The van der Waals surface area contributed by atoms with Crippen LogP contribution < -0.4 is 0 Å². The Bertz CT molecular complexity index is 297. The highest BCUT2D eigenvalue weighted by Gasteiger charge is 2.13. The van der Waals surface area contributed by atoms with Gasteiger partial charge in [-0.15, -0.1) is 0 Å². The summed E-state index contributed by atoms with van der Waals surface area (Å²) in [5.74, 6) is -5.35. The standard InChI is InChI=1S/3C3H4O2.C2H6O4/c3*1-2-3(4)5;1-2(3,4)6-5/h3*2H,1H2,(H,4,5);3-5H,1H3. The van der Waals surface area contributed by atoms with Gasteiger partial charge in [0, 0.05) is 25.2 Å². The SMILES string of the molecule is C=CC(=O)O.C=CC(=O)O.C=CC(=O)O.CC(O)(O)OO. The molecule has 0 atom stereocenters. The zero-order chi connectivity index (χ0) is 18.1. The summed E-state index contributed by atoms with van der Waals surface area (Å²) in [5, 5.41) is 46.0. The van der Waals surface area contributed by atoms with Gasteiger partial charge in [0.2, 0.25) is 0 Å². The van der Waals surface area contributed by atoms with Crippen LogP contribution in [0, 0.1) is 0 Å². The molecule has 6 N–H and O–H groups in total. The first kappa shape index (κ1) is 26.9. The van der Waals surface area contributed by atoms with Gasteiger partial charge in [0.15, 0.2) is 0 Å². The quantitative estimate of drug-likeness (QED) is 0.177. The molecular formula is C11H18O10. The molecule has 0 aliphatic rings. The van der Waals surface area contributed by atoms with Crippen molar-refractivity contribution in [3.05, 3.63) is 38.0 Å². The fraction of sp³-hybridized carbons (Fsp3) is 0.182. The van der Waals surface area contributed by atoms with Crippen LogP contribution in [0.5, 0.6) is 0 Å². The molecule has 10 heteroatoms. The lowest BCUT2D eigenvalue weighted by molar-refractivity contribution is -0.461. The predicted octanol–water partition coefficient (Wildman–Crippen LogP) is -0.0947. The predicted molar refractivity (Wildman–Crippen MR) is 70.1 cm³/mol. The Morgan fingerprint density at radius 2 is 0.952 bits per heavy atom. The summed E-state index contributed by atoms with van der Waals surface area (Å²) in [6, 6.07) is 0. The molecule has 0 saturated heterocycles. The highest BCUT2D eigenvalue weighted by Crippen LogP contribution is 1.92. The molecule has 0 amide bonds. The van der Waals surface area contributed by atoms with Crippen molar-refractivity contribution in [2.24, 2.45) is 0 Å². The maximum absolute atomic E-state index is 9.25. The van der Waals surface area contributed by atoms with E-state index in [2.05, 4.69) is 24.6 Å². The van der Waals surface area contributed by atoms with E-state index in [1.54, 1.807) is 0 Å². The Morgan fingerprint density at radius 3 is 0.952 bits per heavy atom. The van der Waals surface area contributed by atoms with Crippen LogP contribution in [-0.2, 0) is 19.3 Å². The molecule has 0 radical (unpaired) electrons. The fourth-order valence-electron chi connectivity index (χ4n) is 0. The van der Waals surface area contributed by atoms with Crippen LogP contribution >= 0.6 is 0 Å². The number of carboxylic acids is 3. The lowest BCUT2D eigenvalue weighted by Crippen LogP contribution is -2.24. The van der Waals surface area contributed by atoms with Crippen LogP contribution in [0.3, 0.4) is 0 Å². The first-order chi connectivity index (χ1) is 9.37. The molecule has 0 rings (SSSR count). The molecule has 0 aromatic heterocycles. The molecule has 0 aliphatic heterocycles. The highest BCUT2D eigenvalue weighted by atomic mass is 17.2. The summed E-state index contributed by atoms with van der Waals surface area (Å²) < 4.78 is 0. The minimum Gasteiger partial charge on any atom is -0.478 e. The van der Waals surface area contributed by atoms with E-state index in [0.29, 0.717) is 0 Å². The van der Waals surface area contributed by atoms with E-state index in [0.717, 1.165) is 25.2 Å². The zero-order valence-electron chi connectivity index (χ0n) is 11.2. The van der Waals surface area contributed by atoms with E-state index in [1.165, 1.54) is 0 Å². The molecule has 0 aromatic carbocycles. The Kier molecular flexibility index (Phi) is 22.4. The van der Waals surface area contributed by atoms with Gasteiger partial charge in [-0.2, -0.15) is 4.89 Å². The van der Waals surface area contributed by atoms with Gasteiger partial charge in [-0.3, -0.25) is 0 Å². The van der Waals surface area contributed by atoms with Gasteiger partial charge in [-0.25, -0.2) is 19.6 Å². The lowest BCUT2D eigenvalue weighted by atomic mass is 10.7. The zero-order valence-corrected chi connectivity index (χ0v) is 11.2. The summed E-state index contributed by atoms with van der Waals surface area (Å²) in [6.07, 6.45) is 2.50. The van der Waals surface area contributed by atoms with Crippen molar-refractivity contribution in [2.45, 2.75) is 12.9 Å². The maximum Gasteiger partial charge on any atom is 0.327 e. The molecule has 0 aromatic rings. The van der Waals surface area contributed by atoms with Crippen LogP contribution in [0.1, 0.15) is 6.92 Å². The van der Waals surface area contributed by atoms with Gasteiger partial charge >= 0.3 is 23.9 Å². The molecule has 122 valence electrons. The molecule has 0 fully saturated rings. The number of carbonyl (C=O) groups is 3. The van der Waals surface area contributed by atoms with Gasteiger partial charge in [0.25, 0.3) is 0 Å². The third-order valence-electron chi connectivity index (χ3n) is 0.697. The van der Waals surface area contributed by atoms with Crippen molar-refractivity contribution in [1.82, 2.24) is 0 Å². The lowest BCUT2D eigenvalue weighted by Gasteiger charge is -2.07. The second-order valence-electron chi connectivity index (χ2n) is 2.65. The maximum atomic E-state index is 9.25. The van der Waals surface area contributed by atoms with Crippen LogP contribution in [0.4, 0.5) is 0 Å². The number of aliphatic hydroxyl groups is 2. The first-order valence-corrected chi connectivity index (χ1v) is 4.71. The van der Waals surface area contributed by atoms with Crippen molar-refractivity contribution < 1.29 is 50.1 Å². The first-order valence-electron chi connectivity index (χ1n) is 4.71. The molecular weight excluding hydrogens is 292 g/mol.